The van der Waals surface area contributed by atoms with Crippen LogP contribution in [0.2, 0.25) is 0 Å². The quantitative estimate of drug-likeness (QED) is 0.747. The van der Waals surface area contributed by atoms with Crippen LogP contribution in [0.1, 0.15) is 27.7 Å². The Morgan fingerprint density at radius 1 is 1.23 bits per heavy atom. The van der Waals surface area contributed by atoms with Crippen LogP contribution in [0.5, 0.6) is 0 Å². The Bertz CT molecular complexity index is 291. The molecule has 0 heterocycles. The molecule has 13 heavy (non-hydrogen) atoms. The van der Waals surface area contributed by atoms with Gasteiger partial charge >= 0.3 is 10.3 Å². The second kappa shape index (κ2) is 2.68. The standard InChI is InChI=1S/C8H17NO3S/c1-7(2)6(8(7,3)4)5-12-13(9,10)11/h6H,5H2,1-4H3,(H2,9,10,11). The highest BCUT2D eigenvalue weighted by molar-refractivity contribution is 7.84. The fraction of sp³-hybridized carbons (Fsp3) is 1.00. The first-order valence-corrected chi connectivity index (χ1v) is 5.73. The first-order chi connectivity index (χ1) is 5.59. The summed E-state index contributed by atoms with van der Waals surface area (Å²) in [5.74, 6) is 0.262. The smallest absolute Gasteiger partial charge is 0.258 e. The minimum absolute atomic E-state index is 0.137. The third kappa shape index (κ3) is 1.87. The summed E-state index contributed by atoms with van der Waals surface area (Å²) >= 11 is 0. The maximum absolute atomic E-state index is 10.5. The zero-order valence-corrected chi connectivity index (χ0v) is 9.31. The van der Waals surface area contributed by atoms with E-state index in [0.29, 0.717) is 0 Å². The van der Waals surface area contributed by atoms with E-state index in [1.165, 1.54) is 0 Å². The van der Waals surface area contributed by atoms with Crippen LogP contribution < -0.4 is 5.14 Å². The van der Waals surface area contributed by atoms with Gasteiger partial charge in [0.2, 0.25) is 0 Å². The molecule has 78 valence electrons. The van der Waals surface area contributed by atoms with Gasteiger partial charge in [-0.3, -0.25) is 4.18 Å². The molecular formula is C8H17NO3S. The van der Waals surface area contributed by atoms with Gasteiger partial charge in [0.05, 0.1) is 6.61 Å². The van der Waals surface area contributed by atoms with Gasteiger partial charge in [0.25, 0.3) is 0 Å². The Morgan fingerprint density at radius 2 is 1.62 bits per heavy atom. The lowest BCUT2D eigenvalue weighted by molar-refractivity contribution is 0.277. The Hall–Kier alpha value is -0.130. The molecule has 0 unspecified atom stereocenters. The summed E-state index contributed by atoms with van der Waals surface area (Å²) in [6.45, 7) is 8.60. The van der Waals surface area contributed by atoms with Gasteiger partial charge in [0, 0.05) is 0 Å². The zero-order chi connectivity index (χ0) is 10.5. The van der Waals surface area contributed by atoms with Crippen LogP contribution in [0.4, 0.5) is 0 Å². The second-order valence-corrected chi connectivity index (χ2v) is 5.99. The molecule has 1 aliphatic rings. The lowest BCUT2D eigenvalue weighted by Crippen LogP contribution is -2.18. The van der Waals surface area contributed by atoms with Crippen LogP contribution in [0.25, 0.3) is 0 Å². The fourth-order valence-electron chi connectivity index (χ4n) is 1.91. The maximum atomic E-state index is 10.5. The summed E-state index contributed by atoms with van der Waals surface area (Å²) in [4.78, 5) is 0. The van der Waals surface area contributed by atoms with Crippen LogP contribution in [0.3, 0.4) is 0 Å². The first-order valence-electron chi connectivity index (χ1n) is 4.26. The van der Waals surface area contributed by atoms with E-state index in [1.807, 2.05) is 0 Å². The molecule has 2 N–H and O–H groups in total. The van der Waals surface area contributed by atoms with Crippen LogP contribution in [-0.4, -0.2) is 15.0 Å². The maximum Gasteiger partial charge on any atom is 0.333 e. The molecule has 0 amide bonds. The predicted octanol–water partition coefficient (Wildman–Crippen LogP) is 0.889. The monoisotopic (exact) mass is 207 g/mol. The number of rotatable bonds is 3. The molecule has 4 nitrogen and oxygen atoms in total. The summed E-state index contributed by atoms with van der Waals surface area (Å²) in [5, 5.41) is 4.74. The van der Waals surface area contributed by atoms with E-state index < -0.39 is 10.3 Å². The highest BCUT2D eigenvalue weighted by Gasteiger charge is 2.64. The van der Waals surface area contributed by atoms with Crippen LogP contribution in [0.15, 0.2) is 0 Å². The van der Waals surface area contributed by atoms with Crippen molar-refractivity contribution in [3.05, 3.63) is 0 Å². The van der Waals surface area contributed by atoms with Gasteiger partial charge in [0.1, 0.15) is 0 Å². The molecule has 1 fully saturated rings. The molecule has 0 saturated heterocycles. The van der Waals surface area contributed by atoms with E-state index in [1.54, 1.807) is 0 Å². The average Bonchev–Trinajstić information content (AvgIpc) is 2.19. The van der Waals surface area contributed by atoms with Crippen molar-refractivity contribution in [3.8, 4) is 0 Å². The number of hydrogen-bond acceptors (Lipinski definition) is 3. The van der Waals surface area contributed by atoms with Crippen LogP contribution in [0, 0.1) is 16.7 Å². The van der Waals surface area contributed by atoms with Gasteiger partial charge in [-0.05, 0) is 16.7 Å². The molecule has 0 aromatic heterocycles. The molecule has 5 heteroatoms. The predicted molar refractivity (Wildman–Crippen MR) is 50.1 cm³/mol. The molecule has 1 rings (SSSR count). The lowest BCUT2D eigenvalue weighted by atomic mass is 10.0. The van der Waals surface area contributed by atoms with Crippen molar-refractivity contribution in [3.63, 3.8) is 0 Å². The van der Waals surface area contributed by atoms with Crippen molar-refractivity contribution in [2.75, 3.05) is 6.61 Å². The Kier molecular flexibility index (Phi) is 2.26. The van der Waals surface area contributed by atoms with Crippen molar-refractivity contribution >= 4 is 10.3 Å². The topological polar surface area (TPSA) is 69.4 Å². The third-order valence-electron chi connectivity index (χ3n) is 3.72. The number of nitrogens with two attached hydrogens (primary N) is 1. The SMILES string of the molecule is CC1(C)C(COS(N)(=O)=O)C1(C)C. The average molecular weight is 207 g/mol. The first kappa shape index (κ1) is 10.9. The molecule has 0 spiro atoms. The minimum atomic E-state index is -3.78. The molecule has 0 aromatic carbocycles. The fourth-order valence-corrected chi connectivity index (χ4v) is 2.24. The van der Waals surface area contributed by atoms with Crippen molar-refractivity contribution in [2.24, 2.45) is 21.9 Å². The lowest BCUT2D eigenvalue weighted by Gasteiger charge is -2.03. The summed E-state index contributed by atoms with van der Waals surface area (Å²) in [6.07, 6.45) is 0. The van der Waals surface area contributed by atoms with Gasteiger partial charge in [0.15, 0.2) is 0 Å². The molecular weight excluding hydrogens is 190 g/mol. The summed E-state index contributed by atoms with van der Waals surface area (Å²) in [5.41, 5.74) is 0.273. The third-order valence-corrected chi connectivity index (χ3v) is 4.18. The zero-order valence-electron chi connectivity index (χ0n) is 8.49. The second-order valence-electron chi connectivity index (χ2n) is 4.77. The highest BCUT2D eigenvalue weighted by Crippen LogP contribution is 2.68. The summed E-state index contributed by atoms with van der Waals surface area (Å²) in [7, 11) is -3.78. The Morgan fingerprint density at radius 3 is 1.85 bits per heavy atom. The minimum Gasteiger partial charge on any atom is -0.258 e. The van der Waals surface area contributed by atoms with Gasteiger partial charge in [-0.25, -0.2) is 5.14 Å². The largest absolute Gasteiger partial charge is 0.333 e. The molecule has 1 saturated carbocycles. The van der Waals surface area contributed by atoms with E-state index in [9.17, 15) is 8.42 Å². The van der Waals surface area contributed by atoms with E-state index in [4.69, 9.17) is 5.14 Å². The van der Waals surface area contributed by atoms with E-state index in [-0.39, 0.29) is 23.4 Å². The number of hydrogen-bond donors (Lipinski definition) is 1. The Balaban J connectivity index is 2.53. The Labute approximate surface area is 79.7 Å². The van der Waals surface area contributed by atoms with Crippen molar-refractivity contribution in [1.29, 1.82) is 0 Å². The normalized spacial score (nSPS) is 25.9. The van der Waals surface area contributed by atoms with Crippen LogP contribution in [-0.2, 0) is 14.5 Å². The molecule has 1 aliphatic carbocycles. The molecule has 0 atom stereocenters. The van der Waals surface area contributed by atoms with E-state index >= 15 is 0 Å². The van der Waals surface area contributed by atoms with Crippen molar-refractivity contribution in [2.45, 2.75) is 27.7 Å². The van der Waals surface area contributed by atoms with Gasteiger partial charge in [-0.2, -0.15) is 8.42 Å². The van der Waals surface area contributed by atoms with Crippen LogP contribution >= 0.6 is 0 Å². The molecule has 0 bridgehead atoms. The van der Waals surface area contributed by atoms with Crippen molar-refractivity contribution < 1.29 is 12.6 Å². The molecule has 0 aliphatic heterocycles. The molecule has 0 radical (unpaired) electrons. The van der Waals surface area contributed by atoms with E-state index in [2.05, 4.69) is 31.9 Å². The summed E-state index contributed by atoms with van der Waals surface area (Å²) < 4.78 is 25.7. The van der Waals surface area contributed by atoms with Gasteiger partial charge < -0.3 is 0 Å². The van der Waals surface area contributed by atoms with Gasteiger partial charge in [-0.1, -0.05) is 27.7 Å². The summed E-state index contributed by atoms with van der Waals surface area (Å²) in [6, 6.07) is 0. The van der Waals surface area contributed by atoms with Crippen molar-refractivity contribution in [1.82, 2.24) is 0 Å². The highest BCUT2D eigenvalue weighted by atomic mass is 32.2. The van der Waals surface area contributed by atoms with Gasteiger partial charge in [-0.15, -0.1) is 0 Å². The molecule has 0 aromatic rings. The van der Waals surface area contributed by atoms with E-state index in [0.717, 1.165) is 0 Å².